The number of hydrogen-bond acceptors (Lipinski definition) is 15. The average Bonchev–Trinajstić information content (AvgIpc) is 3.71. The smallest absolute Gasteiger partial charge is 0.347 e. The summed E-state index contributed by atoms with van der Waals surface area (Å²) < 4.78 is 22.7. The van der Waals surface area contributed by atoms with E-state index in [4.69, 9.17) is 41.4 Å². The molecule has 3 amide bonds. The second kappa shape index (κ2) is 29.5. The third-order valence-corrected chi connectivity index (χ3v) is 9.05. The minimum Gasteiger partial charge on any atom is -0.481 e. The van der Waals surface area contributed by atoms with Gasteiger partial charge in [-0.25, -0.2) is 28.7 Å². The van der Waals surface area contributed by atoms with Gasteiger partial charge in [-0.1, -0.05) is 23.9 Å². The van der Waals surface area contributed by atoms with Gasteiger partial charge in [0.25, 0.3) is 0 Å². The summed E-state index contributed by atoms with van der Waals surface area (Å²) in [6.45, 7) is 5.25. The van der Waals surface area contributed by atoms with Crippen LogP contribution in [-0.2, 0) is 54.3 Å². The van der Waals surface area contributed by atoms with Crippen LogP contribution in [0.5, 0.6) is 0 Å². The molecule has 1 aromatic heterocycles. The van der Waals surface area contributed by atoms with Gasteiger partial charge < -0.3 is 60.6 Å². The number of thiocarbonyl (C=S) groups is 1. The fourth-order valence-electron chi connectivity index (χ4n) is 5.24. The third kappa shape index (κ3) is 22.2. The summed E-state index contributed by atoms with van der Waals surface area (Å²) in [5, 5.41) is 54.7. The highest BCUT2D eigenvalue weighted by Crippen LogP contribution is 2.11. The minimum absolute atomic E-state index is 0.0417. The molecule has 2 rings (SSSR count). The number of urea groups is 1. The summed E-state index contributed by atoms with van der Waals surface area (Å²) in [6, 6.07) is 3.49. The summed E-state index contributed by atoms with van der Waals surface area (Å²) in [5.74, 6) is -5.84. The molecule has 0 aliphatic heterocycles. The van der Waals surface area contributed by atoms with Crippen LogP contribution in [0.1, 0.15) is 89.3 Å². The fourth-order valence-corrected chi connectivity index (χ4v) is 5.47. The number of carboxylic acids is 3. The maximum absolute atomic E-state index is 12.1. The van der Waals surface area contributed by atoms with Crippen molar-refractivity contribution in [2.45, 2.75) is 109 Å². The van der Waals surface area contributed by atoms with Crippen LogP contribution in [-0.4, -0.2) is 146 Å². The monoisotopic (exact) mass is 895 g/mol. The van der Waals surface area contributed by atoms with Crippen molar-refractivity contribution in [1.82, 2.24) is 36.3 Å². The molecule has 4 atom stereocenters. The van der Waals surface area contributed by atoms with Crippen molar-refractivity contribution >= 4 is 59.0 Å². The number of aromatic nitrogens is 3. The van der Waals surface area contributed by atoms with E-state index in [0.29, 0.717) is 81.6 Å². The largest absolute Gasteiger partial charge is 0.481 e. The number of esters is 2. The number of ether oxygens (including phenoxy) is 4. The third-order valence-electron chi connectivity index (χ3n) is 8.67. The lowest BCUT2D eigenvalue weighted by Crippen LogP contribution is -2.51. The summed E-state index contributed by atoms with van der Waals surface area (Å²) in [5.41, 5.74) is 1.88. The topological polar surface area (TPSA) is 316 Å². The molecule has 62 heavy (non-hydrogen) atoms. The molecule has 344 valence electrons. The van der Waals surface area contributed by atoms with Gasteiger partial charge in [0.1, 0.15) is 35.5 Å². The fraction of sp³-hybridized carbons (Fsp3) is 0.590. The van der Waals surface area contributed by atoms with E-state index in [1.165, 1.54) is 18.5 Å². The van der Waals surface area contributed by atoms with Gasteiger partial charge >= 0.3 is 35.9 Å². The lowest BCUT2D eigenvalue weighted by atomic mass is 10.1. The molecule has 1 heterocycles. The number of nitrogens with one attached hydrogen (secondary N) is 4. The molecule has 22 nitrogen and oxygen atoms in total. The van der Waals surface area contributed by atoms with E-state index in [-0.39, 0.29) is 25.4 Å². The Labute approximate surface area is 363 Å². The maximum Gasteiger partial charge on any atom is 0.347 e. The molecular weight excluding hydrogens is 839 g/mol. The van der Waals surface area contributed by atoms with Crippen LogP contribution in [0.15, 0.2) is 30.5 Å². The number of hydrogen-bond donors (Lipinski definition) is 8. The first-order valence-corrected chi connectivity index (χ1v) is 20.5. The van der Waals surface area contributed by atoms with Crippen molar-refractivity contribution in [3.05, 3.63) is 41.7 Å². The number of aliphatic hydroxyl groups is 1. The van der Waals surface area contributed by atoms with Crippen molar-refractivity contribution in [2.75, 3.05) is 39.5 Å². The van der Waals surface area contributed by atoms with Gasteiger partial charge in [0, 0.05) is 44.7 Å². The zero-order valence-corrected chi connectivity index (χ0v) is 35.6. The number of rotatable bonds is 32. The molecule has 0 saturated heterocycles. The van der Waals surface area contributed by atoms with E-state index >= 15 is 0 Å². The molecule has 0 aliphatic carbocycles. The average molecular weight is 896 g/mol. The summed E-state index contributed by atoms with van der Waals surface area (Å²) in [7, 11) is 0. The molecular formula is C39H57N7O15S. The predicted molar refractivity (Wildman–Crippen MR) is 221 cm³/mol. The molecule has 0 bridgehead atoms. The quantitative estimate of drug-likeness (QED) is 0.0291. The highest BCUT2D eigenvalue weighted by atomic mass is 32.1. The van der Waals surface area contributed by atoms with Crippen molar-refractivity contribution in [2.24, 2.45) is 0 Å². The Bertz CT molecular complexity index is 1760. The van der Waals surface area contributed by atoms with E-state index in [2.05, 4.69) is 31.6 Å². The maximum atomic E-state index is 12.1. The number of benzene rings is 1. The number of carbonyl (C=O) groups is 7. The number of carbonyl (C=O) groups excluding carboxylic acids is 4. The molecule has 23 heteroatoms. The summed E-state index contributed by atoms with van der Waals surface area (Å²) in [4.78, 5) is 81.8. The first-order valence-electron chi connectivity index (χ1n) is 20.1. The van der Waals surface area contributed by atoms with E-state index < -0.39 is 66.6 Å². The van der Waals surface area contributed by atoms with Gasteiger partial charge in [0.05, 0.1) is 25.1 Å². The Balaban J connectivity index is 1.46. The van der Waals surface area contributed by atoms with Crippen molar-refractivity contribution in [1.29, 1.82) is 0 Å². The van der Waals surface area contributed by atoms with Gasteiger partial charge in [-0.2, -0.15) is 0 Å². The Kier molecular flexibility index (Phi) is 24.9. The van der Waals surface area contributed by atoms with E-state index in [9.17, 15) is 43.8 Å². The zero-order chi connectivity index (χ0) is 45.9. The molecule has 0 aliphatic rings. The van der Waals surface area contributed by atoms with Crippen molar-refractivity contribution in [3.63, 3.8) is 0 Å². The van der Waals surface area contributed by atoms with Crippen LogP contribution in [0, 0.1) is 0 Å². The molecule has 0 radical (unpaired) electrons. The molecule has 1 aromatic carbocycles. The van der Waals surface area contributed by atoms with Gasteiger partial charge in [-0.05, 0) is 83.1 Å². The highest BCUT2D eigenvalue weighted by molar-refractivity contribution is 7.80. The predicted octanol–water partition coefficient (Wildman–Crippen LogP) is 1.23. The normalized spacial score (nSPS) is 12.8. The molecule has 0 spiro atoms. The number of aliphatic carboxylic acids is 3. The van der Waals surface area contributed by atoms with Gasteiger partial charge in [0.2, 0.25) is 5.91 Å². The van der Waals surface area contributed by atoms with Crippen LogP contribution in [0.3, 0.4) is 0 Å². The number of nitrogens with zero attached hydrogens (tertiary/aromatic N) is 3. The van der Waals surface area contributed by atoms with Gasteiger partial charge in [-0.15, -0.1) is 5.10 Å². The van der Waals surface area contributed by atoms with E-state index in [1.807, 2.05) is 24.3 Å². The van der Waals surface area contributed by atoms with Crippen molar-refractivity contribution < 1.29 is 72.9 Å². The summed E-state index contributed by atoms with van der Waals surface area (Å²) >= 11 is 5.50. The first-order chi connectivity index (χ1) is 29.6. The standard InChI is InChI=1S/C39H57N7O15S/c1-25(47)37(55)61-26(2)38(56)60-24-28-23-46(45-44-28)29-13-11-27(12-14-29)34(62)41-18-8-20-59-22-21-58-19-7-3-4-10-32(48)40-17-6-5-9-30(35(51)52)42-39(57)43-31(36(53)54)15-16-33(49)50/h11-14,23,25-26,30-31,47H,3-10,15-22,24H2,1-2H3,(H,40,48)(H,41,62)(H,49,50)(H,51,52)(H,53,54)(H2,42,43,57)/t25?,26?,30-,31-/m0/s1. The summed E-state index contributed by atoms with van der Waals surface area (Å²) in [6.07, 6.45) is 2.37. The van der Waals surface area contributed by atoms with E-state index in [0.717, 1.165) is 24.8 Å². The number of amides is 3. The Hall–Kier alpha value is -5.78. The second-order valence-electron chi connectivity index (χ2n) is 13.9. The van der Waals surface area contributed by atoms with Gasteiger partial charge in [0.15, 0.2) is 6.10 Å². The van der Waals surface area contributed by atoms with Crippen LogP contribution in [0.25, 0.3) is 5.69 Å². The zero-order valence-electron chi connectivity index (χ0n) is 34.7. The second-order valence-corrected chi connectivity index (χ2v) is 14.3. The van der Waals surface area contributed by atoms with Crippen LogP contribution in [0.4, 0.5) is 4.79 Å². The number of unbranched alkanes of at least 4 members (excludes halogenated alkanes) is 3. The lowest BCUT2D eigenvalue weighted by Gasteiger charge is -2.18. The molecule has 8 N–H and O–H groups in total. The molecule has 2 aromatic rings. The van der Waals surface area contributed by atoms with E-state index in [1.54, 1.807) is 6.20 Å². The van der Waals surface area contributed by atoms with Crippen LogP contribution < -0.4 is 21.3 Å². The Morgan fingerprint density at radius 2 is 1.37 bits per heavy atom. The lowest BCUT2D eigenvalue weighted by molar-refractivity contribution is -0.172. The highest BCUT2D eigenvalue weighted by Gasteiger charge is 2.25. The van der Waals surface area contributed by atoms with Gasteiger partial charge in [-0.3, -0.25) is 9.59 Å². The molecule has 2 unspecified atom stereocenters. The molecule has 0 saturated carbocycles. The van der Waals surface area contributed by atoms with Crippen LogP contribution in [0.2, 0.25) is 0 Å². The molecule has 0 fully saturated rings. The number of aliphatic hydroxyl groups excluding tert-OH is 1. The van der Waals surface area contributed by atoms with Crippen molar-refractivity contribution in [3.8, 4) is 5.69 Å². The Morgan fingerprint density at radius 1 is 0.742 bits per heavy atom. The van der Waals surface area contributed by atoms with Crippen LogP contribution >= 0.6 is 12.2 Å². The Morgan fingerprint density at radius 3 is 2.00 bits per heavy atom. The first kappa shape index (κ1) is 52.4. The SMILES string of the molecule is CC(O)C(=O)OC(C)C(=O)OCc1cn(-c2ccc(C(=S)NCCCOCCOCCCCCC(=O)NCCCC[C@H](NC(=O)N[C@@H](CCC(=O)O)C(=O)O)C(=O)O)cc2)nn1. The number of carboxylic acid groups (broad SMARTS) is 3. The minimum atomic E-state index is -1.49.